The van der Waals surface area contributed by atoms with Crippen molar-refractivity contribution in [1.29, 1.82) is 0 Å². The number of nitrogens with one attached hydrogen (secondary N) is 1. The minimum atomic E-state index is -1.15. The summed E-state index contributed by atoms with van der Waals surface area (Å²) in [5.41, 5.74) is 0. The summed E-state index contributed by atoms with van der Waals surface area (Å²) in [4.78, 5) is 54.6. The van der Waals surface area contributed by atoms with E-state index < -0.39 is 29.9 Å². The Morgan fingerprint density at radius 1 is 0.946 bits per heavy atom. The molecule has 0 spiro atoms. The lowest BCUT2D eigenvalue weighted by molar-refractivity contribution is -0.167. The molecule has 196 valence electrons. The third-order valence-electron chi connectivity index (χ3n) is 7.72. The molecule has 2 N–H and O–H groups in total. The molecule has 3 aliphatic rings. The Bertz CT molecular complexity index is 1180. The lowest BCUT2D eigenvalue weighted by Gasteiger charge is -2.47. The van der Waals surface area contributed by atoms with Gasteiger partial charge in [-0.25, -0.2) is 14.5 Å². The second kappa shape index (κ2) is 10.8. The van der Waals surface area contributed by atoms with Crippen LogP contribution in [-0.4, -0.2) is 95.5 Å². The molecule has 0 bridgehead atoms. The van der Waals surface area contributed by atoms with Crippen molar-refractivity contribution < 1.29 is 29.0 Å². The van der Waals surface area contributed by atoms with E-state index in [4.69, 9.17) is 4.74 Å². The molecule has 2 aromatic rings. The van der Waals surface area contributed by atoms with Gasteiger partial charge in [-0.05, 0) is 49.7 Å². The van der Waals surface area contributed by atoms with Crippen LogP contribution in [0.15, 0.2) is 42.5 Å². The number of amides is 4. The maximum Gasteiger partial charge on any atom is 0.327 e. The normalized spacial score (nSPS) is 22.6. The molecule has 0 aromatic heterocycles. The van der Waals surface area contributed by atoms with Crippen LogP contribution in [0.2, 0.25) is 0 Å². The van der Waals surface area contributed by atoms with Crippen molar-refractivity contribution in [3.63, 3.8) is 0 Å². The van der Waals surface area contributed by atoms with Crippen LogP contribution < -0.4 is 10.1 Å². The maximum atomic E-state index is 13.1. The number of imide groups is 1. The third kappa shape index (κ3) is 5.11. The molecule has 5 rings (SSSR count). The van der Waals surface area contributed by atoms with Crippen LogP contribution in [0.5, 0.6) is 5.75 Å². The molecule has 0 unspecified atom stereocenters. The van der Waals surface area contributed by atoms with Gasteiger partial charge in [-0.15, -0.1) is 0 Å². The van der Waals surface area contributed by atoms with Crippen LogP contribution in [0.1, 0.15) is 19.3 Å². The van der Waals surface area contributed by atoms with E-state index in [1.54, 1.807) is 4.90 Å². The Morgan fingerprint density at radius 2 is 1.62 bits per heavy atom. The van der Waals surface area contributed by atoms with Crippen molar-refractivity contribution in [2.24, 2.45) is 11.8 Å². The first-order valence-corrected chi connectivity index (χ1v) is 12.9. The number of piperazine rings is 1. The van der Waals surface area contributed by atoms with E-state index in [-0.39, 0.29) is 25.6 Å². The van der Waals surface area contributed by atoms with E-state index in [0.29, 0.717) is 31.2 Å². The number of piperidine rings is 1. The Morgan fingerprint density at radius 3 is 2.35 bits per heavy atom. The van der Waals surface area contributed by atoms with Gasteiger partial charge in [0.15, 0.2) is 12.6 Å². The van der Waals surface area contributed by atoms with Crippen molar-refractivity contribution in [2.45, 2.75) is 25.3 Å². The molecule has 2 atom stereocenters. The Kier molecular flexibility index (Phi) is 7.27. The number of fused-ring (bicyclic) bond motifs is 1. The molecule has 0 saturated carbocycles. The summed E-state index contributed by atoms with van der Waals surface area (Å²) in [6, 6.07) is 11.8. The summed E-state index contributed by atoms with van der Waals surface area (Å²) < 4.78 is 5.81. The zero-order valence-electron chi connectivity index (χ0n) is 20.7. The molecule has 0 radical (unpaired) electrons. The predicted molar refractivity (Wildman–Crippen MR) is 135 cm³/mol. The van der Waals surface area contributed by atoms with Crippen LogP contribution >= 0.6 is 0 Å². The topological polar surface area (TPSA) is 119 Å². The molecule has 2 aromatic carbocycles. The molecule has 10 heteroatoms. The number of hydrogen-bond donors (Lipinski definition) is 2. The summed E-state index contributed by atoms with van der Waals surface area (Å²) in [5, 5.41) is 15.0. The molecular formula is C27H32N4O6. The molecule has 4 amide bonds. The summed E-state index contributed by atoms with van der Waals surface area (Å²) >= 11 is 0. The Labute approximate surface area is 215 Å². The van der Waals surface area contributed by atoms with E-state index in [2.05, 4.69) is 5.32 Å². The largest absolute Gasteiger partial charge is 0.483 e. The fourth-order valence-electron chi connectivity index (χ4n) is 5.60. The van der Waals surface area contributed by atoms with Crippen molar-refractivity contribution in [3.05, 3.63) is 42.5 Å². The molecular weight excluding hydrogens is 476 g/mol. The van der Waals surface area contributed by atoms with Gasteiger partial charge >= 0.3 is 12.0 Å². The van der Waals surface area contributed by atoms with Crippen LogP contribution in [0.25, 0.3) is 10.8 Å². The number of carboxylic acids is 1. The highest BCUT2D eigenvalue weighted by Gasteiger charge is 2.56. The SMILES string of the molecule is O=C(O)[C@@H]1[C@@H](CC2CCNCC2)C(=O)N1C(=O)N1CCN(C(=O)COc2cccc3ccccc23)CC1. The lowest BCUT2D eigenvalue weighted by Crippen LogP contribution is -2.69. The predicted octanol–water partition coefficient (Wildman–Crippen LogP) is 1.78. The first-order chi connectivity index (χ1) is 17.9. The minimum Gasteiger partial charge on any atom is -0.483 e. The molecule has 10 nitrogen and oxygen atoms in total. The number of carbonyl (C=O) groups is 4. The molecule has 3 saturated heterocycles. The summed E-state index contributed by atoms with van der Waals surface area (Å²) in [5.74, 6) is -1.47. The zero-order valence-corrected chi connectivity index (χ0v) is 20.7. The number of ether oxygens (including phenoxy) is 1. The third-order valence-corrected chi connectivity index (χ3v) is 7.72. The second-order valence-corrected chi connectivity index (χ2v) is 9.94. The average molecular weight is 509 g/mol. The summed E-state index contributed by atoms with van der Waals surface area (Å²) in [6.07, 6.45) is 2.31. The average Bonchev–Trinajstić information content (AvgIpc) is 2.93. The molecule has 37 heavy (non-hydrogen) atoms. The zero-order chi connectivity index (χ0) is 25.9. The van der Waals surface area contributed by atoms with Crippen molar-refractivity contribution in [2.75, 3.05) is 45.9 Å². The highest BCUT2D eigenvalue weighted by molar-refractivity contribution is 6.07. The minimum absolute atomic E-state index is 0.119. The van der Waals surface area contributed by atoms with E-state index in [1.807, 2.05) is 42.5 Å². The fraction of sp³-hybridized carbons (Fsp3) is 0.481. The van der Waals surface area contributed by atoms with E-state index in [9.17, 15) is 24.3 Å². The summed E-state index contributed by atoms with van der Waals surface area (Å²) in [6.45, 7) is 2.65. The van der Waals surface area contributed by atoms with Gasteiger partial charge in [-0.3, -0.25) is 9.59 Å². The Balaban J connectivity index is 1.13. The van der Waals surface area contributed by atoms with Gasteiger partial charge < -0.3 is 25.0 Å². The Hall–Kier alpha value is -3.66. The number of likely N-dealkylation sites (tertiary alicyclic amines) is 1. The molecule has 0 aliphatic carbocycles. The van der Waals surface area contributed by atoms with Gasteiger partial charge in [0.1, 0.15) is 5.75 Å². The fourth-order valence-corrected chi connectivity index (χ4v) is 5.60. The number of urea groups is 1. The second-order valence-electron chi connectivity index (χ2n) is 9.94. The monoisotopic (exact) mass is 508 g/mol. The summed E-state index contributed by atoms with van der Waals surface area (Å²) in [7, 11) is 0. The maximum absolute atomic E-state index is 13.1. The van der Waals surface area contributed by atoms with Gasteiger partial charge in [0.05, 0.1) is 5.92 Å². The molecule has 3 fully saturated rings. The van der Waals surface area contributed by atoms with Crippen molar-refractivity contribution in [1.82, 2.24) is 20.0 Å². The number of hydrogen-bond acceptors (Lipinski definition) is 6. The van der Waals surface area contributed by atoms with Crippen LogP contribution in [0.3, 0.4) is 0 Å². The number of carboxylic acid groups (broad SMARTS) is 1. The first-order valence-electron chi connectivity index (χ1n) is 12.9. The van der Waals surface area contributed by atoms with Crippen molar-refractivity contribution >= 4 is 34.6 Å². The standard InChI is InChI=1S/C27H32N4O6/c32-23(17-37-22-7-3-5-19-4-1-2-6-20(19)22)29-12-14-30(15-13-29)27(36)31-24(26(34)35)21(25(31)33)16-18-8-10-28-11-9-18/h1-7,18,21,24,28H,8-17H2,(H,34,35)/t21-,24+/m1/s1. The van der Waals surface area contributed by atoms with E-state index in [1.165, 1.54) is 4.90 Å². The number of benzene rings is 2. The molecule has 3 aliphatic heterocycles. The van der Waals surface area contributed by atoms with Crippen molar-refractivity contribution in [3.8, 4) is 5.75 Å². The quantitative estimate of drug-likeness (QED) is 0.571. The van der Waals surface area contributed by atoms with Gasteiger partial charge in [-0.2, -0.15) is 0 Å². The lowest BCUT2D eigenvalue weighted by atomic mass is 9.78. The van der Waals surface area contributed by atoms with E-state index >= 15 is 0 Å². The van der Waals surface area contributed by atoms with E-state index in [0.717, 1.165) is 41.6 Å². The first kappa shape index (κ1) is 25.0. The van der Waals surface area contributed by atoms with Crippen LogP contribution in [0.4, 0.5) is 4.79 Å². The van der Waals surface area contributed by atoms with Gasteiger partial charge in [0.25, 0.3) is 5.91 Å². The van der Waals surface area contributed by atoms with Crippen LogP contribution in [0, 0.1) is 11.8 Å². The van der Waals surface area contributed by atoms with Gasteiger partial charge in [0.2, 0.25) is 5.91 Å². The number of carbonyl (C=O) groups excluding carboxylic acids is 3. The smallest absolute Gasteiger partial charge is 0.327 e. The number of aliphatic carboxylic acids is 1. The number of nitrogens with zero attached hydrogens (tertiary/aromatic N) is 3. The number of β-lactam (4-membered cyclic amide) rings is 1. The van der Waals surface area contributed by atoms with Crippen LogP contribution in [-0.2, 0) is 14.4 Å². The highest BCUT2D eigenvalue weighted by atomic mass is 16.5. The van der Waals surface area contributed by atoms with Gasteiger partial charge in [-0.1, -0.05) is 36.4 Å². The van der Waals surface area contributed by atoms with Gasteiger partial charge in [0, 0.05) is 31.6 Å². The highest BCUT2D eigenvalue weighted by Crippen LogP contribution is 2.35. The molecule has 3 heterocycles. The number of rotatable bonds is 6.